The Balaban J connectivity index is -0.000000163. The summed E-state index contributed by atoms with van der Waals surface area (Å²) < 4.78 is 4.09. The summed E-state index contributed by atoms with van der Waals surface area (Å²) in [7, 11) is 0. The molecule has 0 nitrogen and oxygen atoms in total. The molecule has 4 heteroatoms. The molecule has 57 valence electrons. The maximum atomic E-state index is 2.36. The van der Waals surface area contributed by atoms with Gasteiger partial charge >= 0.3 is 55.8 Å². The Morgan fingerprint density at radius 1 is 1.30 bits per heavy atom. The monoisotopic (exact) mass is 407 g/mol. The molecule has 0 spiro atoms. The second-order valence-electron chi connectivity index (χ2n) is 1.57. The van der Waals surface area contributed by atoms with Crippen LogP contribution in [0.1, 0.15) is 6.42 Å². The van der Waals surface area contributed by atoms with Gasteiger partial charge in [-0.15, -0.1) is 0 Å². The molecule has 0 unspecified atom stereocenters. The van der Waals surface area contributed by atoms with Gasteiger partial charge in [0.05, 0.1) is 0 Å². The summed E-state index contributed by atoms with van der Waals surface area (Å²) in [6.45, 7) is 0. The predicted molar refractivity (Wildman–Crippen MR) is 27.7 cm³/mol. The molecule has 10 heavy (non-hydrogen) atoms. The van der Waals surface area contributed by atoms with E-state index in [0.717, 1.165) is 0 Å². The van der Waals surface area contributed by atoms with Crippen LogP contribution in [0.15, 0.2) is 21.5 Å². The second kappa shape index (κ2) is 10.8. The Kier molecular flexibility index (Phi) is 19.2. The van der Waals surface area contributed by atoms with Gasteiger partial charge in [0.1, 0.15) is 0 Å². The van der Waals surface area contributed by atoms with E-state index in [-0.39, 0.29) is 74.2 Å². The molecule has 0 heterocycles. The van der Waals surface area contributed by atoms with E-state index in [9.17, 15) is 0 Å². The van der Waals surface area contributed by atoms with Gasteiger partial charge in [-0.1, -0.05) is 0 Å². The van der Waals surface area contributed by atoms with Crippen LogP contribution in [-0.2, 0) is 23.2 Å². The summed E-state index contributed by atoms with van der Waals surface area (Å²) in [5, 5.41) is 0. The molecule has 1 aliphatic rings. The zero-order chi connectivity index (χ0) is 5.11. The summed E-state index contributed by atoms with van der Waals surface area (Å²) in [6.07, 6.45) is 7.94. The molecule has 1 rings (SSSR count). The van der Waals surface area contributed by atoms with Crippen molar-refractivity contribution in [1.29, 1.82) is 0 Å². The van der Waals surface area contributed by atoms with Crippen LogP contribution in [0, 0.1) is 0 Å². The Morgan fingerprint density at radius 3 is 2.10 bits per heavy atom. The van der Waals surface area contributed by atoms with E-state index in [1.54, 1.807) is 3.28 Å². The average Bonchev–Trinajstić information content (AvgIpc) is 2.14. The molecule has 0 fully saturated rings. The van der Waals surface area contributed by atoms with Gasteiger partial charge in [-0.3, -0.25) is 0 Å². The van der Waals surface area contributed by atoms with Crippen molar-refractivity contribution < 1.29 is 74.2 Å². The number of halogens is 3. The van der Waals surface area contributed by atoms with E-state index in [4.69, 9.17) is 0 Å². The molecule has 0 aliphatic heterocycles. The van der Waals surface area contributed by atoms with Crippen molar-refractivity contribution in [2.24, 2.45) is 0 Å². The topological polar surface area (TPSA) is 0 Å². The van der Waals surface area contributed by atoms with Crippen LogP contribution < -0.4 is 50.9 Å². The SMILES string of the molecule is [Br-].[Br-].[Br-].[CH3][Zr+3][C]1=CC=CC1. The van der Waals surface area contributed by atoms with Crippen molar-refractivity contribution in [2.45, 2.75) is 11.1 Å². The van der Waals surface area contributed by atoms with E-state index >= 15 is 0 Å². The van der Waals surface area contributed by atoms with Gasteiger partial charge in [0.25, 0.3) is 0 Å². The van der Waals surface area contributed by atoms with Crippen molar-refractivity contribution in [1.82, 2.24) is 0 Å². The molecular formula is C6H8Br3Zr. The zero-order valence-electron chi connectivity index (χ0n) is 5.57. The number of allylic oxidation sites excluding steroid dienone is 4. The van der Waals surface area contributed by atoms with Gasteiger partial charge in [-0.2, -0.15) is 0 Å². The van der Waals surface area contributed by atoms with Crippen LogP contribution in [0.25, 0.3) is 0 Å². The first kappa shape index (κ1) is 17.8. The predicted octanol–water partition coefficient (Wildman–Crippen LogP) is -7.03. The third kappa shape index (κ3) is 6.51. The molecular weight excluding hydrogens is 403 g/mol. The van der Waals surface area contributed by atoms with E-state index in [2.05, 4.69) is 22.9 Å². The van der Waals surface area contributed by atoms with E-state index in [0.29, 0.717) is 0 Å². The van der Waals surface area contributed by atoms with Gasteiger partial charge in [-0.05, 0) is 0 Å². The fourth-order valence-corrected chi connectivity index (χ4v) is 2.07. The molecule has 0 bridgehead atoms. The normalized spacial score (nSPS) is 11.5. The van der Waals surface area contributed by atoms with Crippen LogP contribution in [0.4, 0.5) is 0 Å². The first-order valence-electron chi connectivity index (χ1n) is 2.47. The molecule has 0 aromatic rings. The summed E-state index contributed by atoms with van der Waals surface area (Å²) in [5.74, 6) is 0. The molecule has 0 saturated carbocycles. The van der Waals surface area contributed by atoms with Crippen LogP contribution >= 0.6 is 0 Å². The van der Waals surface area contributed by atoms with Crippen molar-refractivity contribution >= 4 is 0 Å². The molecule has 0 aromatic carbocycles. The van der Waals surface area contributed by atoms with Crippen LogP contribution in [0.3, 0.4) is 0 Å². The van der Waals surface area contributed by atoms with E-state index < -0.39 is 0 Å². The zero-order valence-corrected chi connectivity index (χ0v) is 12.8. The number of rotatable bonds is 1. The standard InChI is InChI=1S/C5H5.CH3.3BrH.Zr/c1-2-4-5-3-1;;;;;/h1-3H,4H2;1H3;3*1H;/q;;;;;+3/p-3. The fourth-order valence-electron chi connectivity index (χ4n) is 0.633. The van der Waals surface area contributed by atoms with Gasteiger partial charge in [0, 0.05) is 0 Å². The molecule has 0 saturated heterocycles. The third-order valence-electron chi connectivity index (χ3n) is 1.09. The first-order valence-corrected chi connectivity index (χ1v) is 6.15. The molecule has 0 radical (unpaired) electrons. The minimum absolute atomic E-state index is 0. The van der Waals surface area contributed by atoms with Gasteiger partial charge in [-0.25, -0.2) is 0 Å². The minimum atomic E-state index is -0.0408. The Labute approximate surface area is 105 Å². The van der Waals surface area contributed by atoms with Gasteiger partial charge in [0.2, 0.25) is 0 Å². The summed E-state index contributed by atoms with van der Waals surface area (Å²) >= 11 is -0.0408. The quantitative estimate of drug-likeness (QED) is 0.403. The van der Waals surface area contributed by atoms with Crippen molar-refractivity contribution in [3.05, 3.63) is 21.5 Å². The van der Waals surface area contributed by atoms with Gasteiger partial charge < -0.3 is 50.9 Å². The van der Waals surface area contributed by atoms with Crippen LogP contribution in [0.2, 0.25) is 4.63 Å². The van der Waals surface area contributed by atoms with Crippen molar-refractivity contribution in [2.75, 3.05) is 0 Å². The molecule has 0 amide bonds. The maximum absolute atomic E-state index is 2.36. The van der Waals surface area contributed by atoms with Crippen molar-refractivity contribution in [3.63, 3.8) is 0 Å². The Hall–Kier alpha value is 1.80. The number of hydrogen-bond donors (Lipinski definition) is 0. The molecule has 0 atom stereocenters. The van der Waals surface area contributed by atoms with E-state index in [1.165, 1.54) is 6.42 Å². The fraction of sp³-hybridized carbons (Fsp3) is 0.333. The second-order valence-corrected chi connectivity index (χ2v) is 4.38. The average molecular weight is 411 g/mol. The first-order chi connectivity index (χ1) is 3.43. The molecule has 0 aromatic heterocycles. The summed E-state index contributed by atoms with van der Waals surface area (Å²) in [4.78, 5) is 0. The van der Waals surface area contributed by atoms with Crippen molar-refractivity contribution in [3.8, 4) is 0 Å². The molecule has 1 aliphatic carbocycles. The Bertz CT molecular complexity index is 120. The molecule has 0 N–H and O–H groups in total. The van der Waals surface area contributed by atoms with Crippen LogP contribution in [-0.4, -0.2) is 0 Å². The van der Waals surface area contributed by atoms with Crippen LogP contribution in [0.5, 0.6) is 0 Å². The van der Waals surface area contributed by atoms with Gasteiger partial charge in [0.15, 0.2) is 0 Å². The number of hydrogen-bond acceptors (Lipinski definition) is 0. The summed E-state index contributed by atoms with van der Waals surface area (Å²) in [5.41, 5.74) is 0. The summed E-state index contributed by atoms with van der Waals surface area (Å²) in [6, 6.07) is 0. The van der Waals surface area contributed by atoms with E-state index in [1.807, 2.05) is 0 Å². The Morgan fingerprint density at radius 2 is 1.90 bits per heavy atom. The third-order valence-corrected chi connectivity index (χ3v) is 3.58.